The van der Waals surface area contributed by atoms with E-state index < -0.39 is 0 Å². The highest BCUT2D eigenvalue weighted by molar-refractivity contribution is 5.86. The van der Waals surface area contributed by atoms with Crippen molar-refractivity contribution in [1.29, 1.82) is 0 Å². The molecule has 0 saturated carbocycles. The van der Waals surface area contributed by atoms with Gasteiger partial charge in [0.15, 0.2) is 0 Å². The van der Waals surface area contributed by atoms with E-state index >= 15 is 0 Å². The molecule has 1 saturated heterocycles. The molecule has 1 amide bonds. The molecule has 23 heavy (non-hydrogen) atoms. The Balaban J connectivity index is 1.79. The van der Waals surface area contributed by atoms with Crippen LogP contribution in [0.15, 0.2) is 48.5 Å². The normalized spacial score (nSPS) is 14.9. The number of nitrogens with two attached hydrogens (primary N) is 1. The Morgan fingerprint density at radius 1 is 1.17 bits per heavy atom. The predicted molar refractivity (Wildman–Crippen MR) is 94.3 cm³/mol. The molecule has 4 heteroatoms. The number of likely N-dealkylation sites (tertiary alicyclic amines) is 1. The van der Waals surface area contributed by atoms with Crippen LogP contribution in [0.25, 0.3) is 0 Å². The van der Waals surface area contributed by atoms with Crippen LogP contribution >= 0.6 is 0 Å². The van der Waals surface area contributed by atoms with Crippen LogP contribution in [0.3, 0.4) is 0 Å². The van der Waals surface area contributed by atoms with Crippen molar-refractivity contribution in [3.63, 3.8) is 0 Å². The number of nitrogens with one attached hydrogen (secondary N) is 1. The Labute approximate surface area is 137 Å². The summed E-state index contributed by atoms with van der Waals surface area (Å²) in [5.74, 6) is 0.153. The van der Waals surface area contributed by atoms with Crippen molar-refractivity contribution in [3.8, 4) is 0 Å². The summed E-state index contributed by atoms with van der Waals surface area (Å²) in [6.07, 6.45) is 1.75. The number of rotatable bonds is 5. The highest BCUT2D eigenvalue weighted by Gasteiger charge is 2.28. The maximum absolute atomic E-state index is 12.7. The summed E-state index contributed by atoms with van der Waals surface area (Å²) in [5.41, 5.74) is 9.87. The lowest BCUT2D eigenvalue weighted by Crippen LogP contribution is -2.50. The summed E-state index contributed by atoms with van der Waals surface area (Å²) in [4.78, 5) is 14.6. The summed E-state index contributed by atoms with van der Waals surface area (Å²) in [5, 5.41) is 3.34. The third-order valence-corrected chi connectivity index (χ3v) is 4.32. The maximum Gasteiger partial charge on any atom is 0.245 e. The molecule has 1 fully saturated rings. The number of benzene rings is 2. The average molecular weight is 309 g/mol. The zero-order valence-corrected chi connectivity index (χ0v) is 13.5. The van der Waals surface area contributed by atoms with E-state index in [-0.39, 0.29) is 11.9 Å². The van der Waals surface area contributed by atoms with Crippen LogP contribution in [-0.4, -0.2) is 29.9 Å². The Bertz CT molecular complexity index is 677. The van der Waals surface area contributed by atoms with E-state index in [1.165, 1.54) is 5.56 Å². The van der Waals surface area contributed by atoms with Crippen LogP contribution in [0.2, 0.25) is 0 Å². The number of hydrogen-bond donors (Lipinski definition) is 2. The van der Waals surface area contributed by atoms with Crippen LogP contribution in [0, 0.1) is 6.92 Å². The Morgan fingerprint density at radius 2 is 1.87 bits per heavy atom. The summed E-state index contributed by atoms with van der Waals surface area (Å²) >= 11 is 0. The molecular weight excluding hydrogens is 286 g/mol. The molecule has 0 unspecified atom stereocenters. The minimum atomic E-state index is -0.289. The van der Waals surface area contributed by atoms with E-state index in [9.17, 15) is 4.79 Å². The van der Waals surface area contributed by atoms with Crippen LogP contribution < -0.4 is 11.1 Å². The first-order chi connectivity index (χ1) is 11.1. The highest BCUT2D eigenvalue weighted by Crippen LogP contribution is 2.21. The van der Waals surface area contributed by atoms with Gasteiger partial charge in [0.2, 0.25) is 5.91 Å². The first-order valence-corrected chi connectivity index (χ1v) is 8.09. The maximum atomic E-state index is 12.7. The molecule has 2 aromatic rings. The lowest BCUT2D eigenvalue weighted by molar-refractivity contribution is -0.135. The molecular formula is C19H23N3O. The zero-order chi connectivity index (χ0) is 16.2. The SMILES string of the molecule is Cc1ccc(C[C@H](Nc2ccccc2N)C(=O)N2CCC2)cc1. The van der Waals surface area contributed by atoms with Crippen LogP contribution in [-0.2, 0) is 11.2 Å². The molecule has 2 aromatic carbocycles. The van der Waals surface area contributed by atoms with E-state index in [1.807, 2.05) is 29.2 Å². The molecule has 1 atom stereocenters. The zero-order valence-electron chi connectivity index (χ0n) is 13.5. The number of amides is 1. The third-order valence-electron chi connectivity index (χ3n) is 4.32. The van der Waals surface area contributed by atoms with Crippen molar-refractivity contribution < 1.29 is 4.79 Å². The van der Waals surface area contributed by atoms with Gasteiger partial charge in [0.1, 0.15) is 6.04 Å². The van der Waals surface area contributed by atoms with Crippen molar-refractivity contribution in [2.45, 2.75) is 25.8 Å². The number of nitrogen functional groups attached to an aromatic ring is 1. The van der Waals surface area contributed by atoms with Crippen molar-refractivity contribution >= 4 is 17.3 Å². The molecule has 1 aliphatic heterocycles. The van der Waals surface area contributed by atoms with E-state index in [2.05, 4.69) is 36.5 Å². The first kappa shape index (κ1) is 15.4. The standard InChI is InChI=1S/C19H23N3O/c1-14-7-9-15(10-8-14)13-18(19(23)22-11-4-12-22)21-17-6-3-2-5-16(17)20/h2-3,5-10,18,21H,4,11-13,20H2,1H3/t18-/m0/s1. The van der Waals surface area contributed by atoms with Crippen molar-refractivity contribution in [3.05, 3.63) is 59.7 Å². The fourth-order valence-corrected chi connectivity index (χ4v) is 2.73. The Hall–Kier alpha value is -2.49. The van der Waals surface area contributed by atoms with Crippen molar-refractivity contribution in [2.75, 3.05) is 24.1 Å². The van der Waals surface area contributed by atoms with E-state index in [1.54, 1.807) is 0 Å². The van der Waals surface area contributed by atoms with E-state index in [4.69, 9.17) is 5.73 Å². The van der Waals surface area contributed by atoms with Gasteiger partial charge in [-0.1, -0.05) is 42.0 Å². The van der Waals surface area contributed by atoms with Gasteiger partial charge in [0.05, 0.1) is 11.4 Å². The number of carbonyl (C=O) groups excluding carboxylic acids is 1. The van der Waals surface area contributed by atoms with Gasteiger partial charge < -0.3 is 16.0 Å². The van der Waals surface area contributed by atoms with Crippen LogP contribution in [0.4, 0.5) is 11.4 Å². The van der Waals surface area contributed by atoms with Gasteiger partial charge in [-0.3, -0.25) is 4.79 Å². The molecule has 0 spiro atoms. The van der Waals surface area contributed by atoms with Gasteiger partial charge in [-0.15, -0.1) is 0 Å². The quantitative estimate of drug-likeness (QED) is 0.835. The molecule has 0 bridgehead atoms. The molecule has 3 N–H and O–H groups in total. The van der Waals surface area contributed by atoms with Gasteiger partial charge in [0.25, 0.3) is 0 Å². The molecule has 1 heterocycles. The van der Waals surface area contributed by atoms with Gasteiger partial charge >= 0.3 is 0 Å². The van der Waals surface area contributed by atoms with Gasteiger partial charge in [-0.05, 0) is 31.0 Å². The highest BCUT2D eigenvalue weighted by atomic mass is 16.2. The number of carbonyl (C=O) groups is 1. The number of aryl methyl sites for hydroxylation is 1. The molecule has 0 aliphatic carbocycles. The molecule has 0 aromatic heterocycles. The van der Waals surface area contributed by atoms with Crippen molar-refractivity contribution in [1.82, 2.24) is 4.90 Å². The second-order valence-corrected chi connectivity index (χ2v) is 6.15. The number of para-hydroxylation sites is 2. The minimum Gasteiger partial charge on any atom is -0.397 e. The van der Waals surface area contributed by atoms with Gasteiger partial charge in [-0.25, -0.2) is 0 Å². The van der Waals surface area contributed by atoms with E-state index in [0.29, 0.717) is 12.1 Å². The fraction of sp³-hybridized carbons (Fsp3) is 0.316. The number of anilines is 2. The minimum absolute atomic E-state index is 0.153. The summed E-state index contributed by atoms with van der Waals surface area (Å²) in [6.45, 7) is 3.78. The topological polar surface area (TPSA) is 58.4 Å². The van der Waals surface area contributed by atoms with Gasteiger partial charge in [-0.2, -0.15) is 0 Å². The smallest absolute Gasteiger partial charge is 0.245 e. The van der Waals surface area contributed by atoms with Gasteiger partial charge in [0, 0.05) is 19.5 Å². The third kappa shape index (κ3) is 3.65. The first-order valence-electron chi connectivity index (χ1n) is 8.09. The number of nitrogens with zero attached hydrogens (tertiary/aromatic N) is 1. The fourth-order valence-electron chi connectivity index (χ4n) is 2.73. The predicted octanol–water partition coefficient (Wildman–Crippen LogP) is 2.83. The van der Waals surface area contributed by atoms with Crippen molar-refractivity contribution in [2.24, 2.45) is 0 Å². The monoisotopic (exact) mass is 309 g/mol. The Kier molecular flexibility index (Phi) is 4.51. The molecule has 4 nitrogen and oxygen atoms in total. The largest absolute Gasteiger partial charge is 0.397 e. The van der Waals surface area contributed by atoms with Crippen LogP contribution in [0.1, 0.15) is 17.5 Å². The van der Waals surface area contributed by atoms with Crippen LogP contribution in [0.5, 0.6) is 0 Å². The average Bonchev–Trinajstić information content (AvgIpc) is 2.49. The second-order valence-electron chi connectivity index (χ2n) is 6.15. The second kappa shape index (κ2) is 6.73. The summed E-state index contributed by atoms with van der Waals surface area (Å²) in [7, 11) is 0. The summed E-state index contributed by atoms with van der Waals surface area (Å²) in [6, 6.07) is 15.6. The lowest BCUT2D eigenvalue weighted by atomic mass is 10.0. The molecule has 120 valence electrons. The lowest BCUT2D eigenvalue weighted by Gasteiger charge is -2.34. The molecule has 3 rings (SSSR count). The summed E-state index contributed by atoms with van der Waals surface area (Å²) < 4.78 is 0. The molecule has 0 radical (unpaired) electrons. The number of hydrogen-bond acceptors (Lipinski definition) is 3. The molecule has 1 aliphatic rings. The van der Waals surface area contributed by atoms with E-state index in [0.717, 1.165) is 30.8 Å². The Morgan fingerprint density at radius 3 is 2.48 bits per heavy atom.